The predicted molar refractivity (Wildman–Crippen MR) is 54.7 cm³/mol. The summed E-state index contributed by atoms with van der Waals surface area (Å²) in [5.74, 6) is 1.09. The Bertz CT molecular complexity index is 278. The molecule has 0 radical (unpaired) electrons. The largest absolute Gasteiger partial charge is 0.474 e. The Kier molecular flexibility index (Phi) is 3.66. The zero-order chi connectivity index (χ0) is 9.84. The third-order valence-electron chi connectivity index (χ3n) is 1.85. The summed E-state index contributed by atoms with van der Waals surface area (Å²) in [6, 6.07) is 1.76. The lowest BCUT2D eigenvalue weighted by Crippen LogP contribution is -2.19. The van der Waals surface area contributed by atoms with E-state index in [1.807, 2.05) is 6.92 Å². The number of hydrogen-bond donors (Lipinski definition) is 0. The molecule has 1 atom stereocenters. The lowest BCUT2D eigenvalue weighted by molar-refractivity contribution is 0.163. The van der Waals surface area contributed by atoms with Gasteiger partial charge in [0.15, 0.2) is 0 Å². The first-order valence-electron chi connectivity index (χ1n) is 4.24. The minimum absolute atomic E-state index is 0.168. The van der Waals surface area contributed by atoms with Crippen molar-refractivity contribution in [3.05, 3.63) is 17.0 Å². The van der Waals surface area contributed by atoms with Gasteiger partial charge in [0.05, 0.1) is 6.10 Å². The summed E-state index contributed by atoms with van der Waals surface area (Å²) in [6.07, 6.45) is 1.65. The highest BCUT2D eigenvalue weighted by molar-refractivity contribution is 9.10. The molecule has 0 aliphatic carbocycles. The van der Waals surface area contributed by atoms with Crippen LogP contribution in [0.1, 0.15) is 20.8 Å². The van der Waals surface area contributed by atoms with Crippen molar-refractivity contribution in [1.29, 1.82) is 0 Å². The molecule has 1 rings (SSSR count). The Morgan fingerprint density at radius 1 is 1.31 bits per heavy atom. The third-order valence-corrected chi connectivity index (χ3v) is 2.29. The topological polar surface area (TPSA) is 35.0 Å². The molecule has 0 aromatic carbocycles. The van der Waals surface area contributed by atoms with E-state index in [9.17, 15) is 0 Å². The molecule has 0 amide bonds. The quantitative estimate of drug-likeness (QED) is 0.768. The zero-order valence-corrected chi connectivity index (χ0v) is 9.58. The van der Waals surface area contributed by atoms with Crippen molar-refractivity contribution in [2.24, 2.45) is 5.92 Å². The number of rotatable bonds is 3. The Morgan fingerprint density at radius 3 is 2.54 bits per heavy atom. The van der Waals surface area contributed by atoms with Gasteiger partial charge in [-0.3, -0.25) is 0 Å². The molecule has 1 heterocycles. The Morgan fingerprint density at radius 2 is 2.00 bits per heavy atom. The van der Waals surface area contributed by atoms with Crippen LogP contribution in [0.3, 0.4) is 0 Å². The summed E-state index contributed by atoms with van der Waals surface area (Å²) in [5, 5.41) is 0. The summed E-state index contributed by atoms with van der Waals surface area (Å²) >= 11 is 3.26. The van der Waals surface area contributed by atoms with Gasteiger partial charge < -0.3 is 4.74 Å². The number of ether oxygens (including phenoxy) is 1. The van der Waals surface area contributed by atoms with Crippen LogP contribution in [0.4, 0.5) is 0 Å². The van der Waals surface area contributed by atoms with Crippen molar-refractivity contribution in [3.63, 3.8) is 0 Å². The zero-order valence-electron chi connectivity index (χ0n) is 7.99. The number of halogens is 1. The summed E-state index contributed by atoms with van der Waals surface area (Å²) in [7, 11) is 0. The van der Waals surface area contributed by atoms with Gasteiger partial charge in [0, 0.05) is 6.07 Å². The minimum atomic E-state index is 0.168. The molecule has 0 saturated heterocycles. The Hall–Kier alpha value is -0.640. The molecule has 0 bridgehead atoms. The molecule has 4 heteroatoms. The highest BCUT2D eigenvalue weighted by Crippen LogP contribution is 2.15. The molecule has 0 fully saturated rings. The summed E-state index contributed by atoms with van der Waals surface area (Å²) < 4.78 is 6.32. The maximum Gasteiger partial charge on any atom is 0.217 e. The molecular formula is C9H13BrN2O. The van der Waals surface area contributed by atoms with Crippen molar-refractivity contribution in [1.82, 2.24) is 9.97 Å². The van der Waals surface area contributed by atoms with Gasteiger partial charge in [0.2, 0.25) is 5.88 Å². The van der Waals surface area contributed by atoms with Gasteiger partial charge in [0.1, 0.15) is 10.9 Å². The van der Waals surface area contributed by atoms with E-state index in [-0.39, 0.29) is 6.10 Å². The van der Waals surface area contributed by atoms with Crippen LogP contribution in [0, 0.1) is 5.92 Å². The minimum Gasteiger partial charge on any atom is -0.474 e. The molecule has 3 nitrogen and oxygen atoms in total. The fourth-order valence-electron chi connectivity index (χ4n) is 0.708. The van der Waals surface area contributed by atoms with E-state index in [2.05, 4.69) is 39.7 Å². The van der Waals surface area contributed by atoms with Gasteiger partial charge >= 0.3 is 0 Å². The average Bonchev–Trinajstić information content (AvgIpc) is 2.04. The maximum absolute atomic E-state index is 5.58. The molecule has 72 valence electrons. The fourth-order valence-corrected chi connectivity index (χ4v) is 0.996. The standard InChI is InChI=1S/C9H13BrN2O/c1-6(2)7(3)13-9-4-8(10)11-5-12-9/h4-7H,1-3H3. The van der Waals surface area contributed by atoms with E-state index in [0.29, 0.717) is 11.8 Å². The maximum atomic E-state index is 5.58. The first-order chi connectivity index (χ1) is 6.09. The van der Waals surface area contributed by atoms with Crippen LogP contribution in [0.15, 0.2) is 17.0 Å². The molecule has 0 aliphatic heterocycles. The monoisotopic (exact) mass is 244 g/mol. The predicted octanol–water partition coefficient (Wildman–Crippen LogP) is 2.66. The first-order valence-corrected chi connectivity index (χ1v) is 5.03. The fraction of sp³-hybridized carbons (Fsp3) is 0.556. The molecule has 1 aromatic rings. The Labute approximate surface area is 86.7 Å². The summed E-state index contributed by atoms with van der Waals surface area (Å²) in [4.78, 5) is 7.92. The smallest absolute Gasteiger partial charge is 0.217 e. The van der Waals surface area contributed by atoms with Crippen LogP contribution < -0.4 is 4.74 Å². The highest BCUT2D eigenvalue weighted by atomic mass is 79.9. The summed E-state index contributed by atoms with van der Waals surface area (Å²) in [6.45, 7) is 6.25. The lowest BCUT2D eigenvalue weighted by atomic mass is 10.1. The van der Waals surface area contributed by atoms with Crippen molar-refractivity contribution in [2.75, 3.05) is 0 Å². The van der Waals surface area contributed by atoms with Crippen LogP contribution in [0.5, 0.6) is 5.88 Å². The lowest BCUT2D eigenvalue weighted by Gasteiger charge is -2.16. The van der Waals surface area contributed by atoms with Crippen molar-refractivity contribution in [3.8, 4) is 5.88 Å². The van der Waals surface area contributed by atoms with E-state index < -0.39 is 0 Å². The molecular weight excluding hydrogens is 232 g/mol. The van der Waals surface area contributed by atoms with Crippen molar-refractivity contribution < 1.29 is 4.74 Å². The average molecular weight is 245 g/mol. The van der Waals surface area contributed by atoms with Crippen LogP contribution in [-0.2, 0) is 0 Å². The Balaban J connectivity index is 2.64. The van der Waals surface area contributed by atoms with Gasteiger partial charge in [0.25, 0.3) is 0 Å². The van der Waals surface area contributed by atoms with E-state index in [4.69, 9.17) is 4.74 Å². The van der Waals surface area contributed by atoms with Gasteiger partial charge in [-0.2, -0.15) is 0 Å². The van der Waals surface area contributed by atoms with E-state index in [0.717, 1.165) is 4.60 Å². The number of aromatic nitrogens is 2. The molecule has 13 heavy (non-hydrogen) atoms. The second-order valence-electron chi connectivity index (χ2n) is 3.25. The molecule has 0 aliphatic rings. The van der Waals surface area contributed by atoms with Crippen LogP contribution in [-0.4, -0.2) is 16.1 Å². The van der Waals surface area contributed by atoms with E-state index >= 15 is 0 Å². The number of hydrogen-bond acceptors (Lipinski definition) is 3. The normalized spacial score (nSPS) is 13.0. The second kappa shape index (κ2) is 4.56. The van der Waals surface area contributed by atoms with Crippen molar-refractivity contribution in [2.45, 2.75) is 26.9 Å². The van der Waals surface area contributed by atoms with E-state index in [1.54, 1.807) is 6.07 Å². The SMILES string of the molecule is CC(C)C(C)Oc1cc(Br)ncn1. The van der Waals surface area contributed by atoms with Crippen molar-refractivity contribution >= 4 is 15.9 Å². The van der Waals surface area contributed by atoms with Gasteiger partial charge in [-0.25, -0.2) is 9.97 Å². The third kappa shape index (κ3) is 3.30. The molecule has 0 N–H and O–H groups in total. The number of nitrogens with zero attached hydrogens (tertiary/aromatic N) is 2. The van der Waals surface area contributed by atoms with Gasteiger partial charge in [-0.15, -0.1) is 0 Å². The first kappa shape index (κ1) is 10.4. The van der Waals surface area contributed by atoms with Gasteiger partial charge in [-0.1, -0.05) is 13.8 Å². The van der Waals surface area contributed by atoms with Gasteiger partial charge in [-0.05, 0) is 28.8 Å². The van der Waals surface area contributed by atoms with E-state index in [1.165, 1.54) is 6.33 Å². The molecule has 0 spiro atoms. The summed E-state index contributed by atoms with van der Waals surface area (Å²) in [5.41, 5.74) is 0. The molecule has 0 saturated carbocycles. The van der Waals surface area contributed by atoms with Crippen LogP contribution >= 0.6 is 15.9 Å². The molecule has 1 aromatic heterocycles. The second-order valence-corrected chi connectivity index (χ2v) is 4.06. The van der Waals surface area contributed by atoms with Crippen LogP contribution in [0.25, 0.3) is 0 Å². The highest BCUT2D eigenvalue weighted by Gasteiger charge is 2.09. The van der Waals surface area contributed by atoms with Crippen LogP contribution in [0.2, 0.25) is 0 Å². The molecule has 1 unspecified atom stereocenters.